The number of carbonyl (C=O) groups excluding carboxylic acids is 1. The van der Waals surface area contributed by atoms with Crippen molar-refractivity contribution >= 4 is 29.3 Å². The minimum Gasteiger partial charge on any atom is -0.353 e. The largest absolute Gasteiger partial charge is 0.353 e. The first-order valence-corrected chi connectivity index (χ1v) is 9.30. The van der Waals surface area contributed by atoms with E-state index in [0.717, 1.165) is 28.5 Å². The number of rotatable bonds is 6. The van der Waals surface area contributed by atoms with Crippen molar-refractivity contribution in [3.63, 3.8) is 0 Å². The molecule has 0 aliphatic heterocycles. The van der Waals surface area contributed by atoms with Gasteiger partial charge in [-0.25, -0.2) is 0 Å². The van der Waals surface area contributed by atoms with Gasteiger partial charge in [0, 0.05) is 29.0 Å². The maximum atomic E-state index is 12.0. The average Bonchev–Trinajstić information content (AvgIpc) is 2.48. The lowest BCUT2D eigenvalue weighted by molar-refractivity contribution is -0.121. The van der Waals surface area contributed by atoms with E-state index in [9.17, 15) is 4.79 Å². The highest BCUT2D eigenvalue weighted by Gasteiger charge is 2.22. The van der Waals surface area contributed by atoms with Gasteiger partial charge in [0.2, 0.25) is 5.91 Å². The second-order valence-electron chi connectivity index (χ2n) is 5.83. The van der Waals surface area contributed by atoms with Crippen LogP contribution in [-0.2, 0) is 10.5 Å². The molecule has 1 aliphatic carbocycles. The van der Waals surface area contributed by atoms with E-state index >= 15 is 0 Å². The van der Waals surface area contributed by atoms with Crippen LogP contribution in [0.2, 0.25) is 5.02 Å². The molecule has 0 bridgehead atoms. The van der Waals surface area contributed by atoms with E-state index in [2.05, 4.69) is 12.2 Å². The number of halogens is 1. The zero-order chi connectivity index (χ0) is 15.1. The van der Waals surface area contributed by atoms with Gasteiger partial charge in [0.25, 0.3) is 0 Å². The molecule has 0 radical (unpaired) electrons. The monoisotopic (exact) mass is 325 g/mol. The summed E-state index contributed by atoms with van der Waals surface area (Å²) in [7, 11) is 0. The number of hydrogen-bond donors (Lipinski definition) is 1. The van der Waals surface area contributed by atoms with Gasteiger partial charge >= 0.3 is 0 Å². The summed E-state index contributed by atoms with van der Waals surface area (Å²) in [5.41, 5.74) is 1.14. The summed E-state index contributed by atoms with van der Waals surface area (Å²) in [5.74, 6) is 2.53. The molecular formula is C17H24ClNOS. The van der Waals surface area contributed by atoms with Crippen LogP contribution in [0.3, 0.4) is 0 Å². The molecule has 0 spiro atoms. The van der Waals surface area contributed by atoms with Crippen molar-refractivity contribution in [2.75, 3.05) is 5.75 Å². The molecule has 1 aromatic rings. The zero-order valence-corrected chi connectivity index (χ0v) is 14.2. The molecule has 1 amide bonds. The second kappa shape index (κ2) is 8.70. The Balaban J connectivity index is 1.64. The van der Waals surface area contributed by atoms with Crippen LogP contribution < -0.4 is 5.32 Å². The minimum absolute atomic E-state index is 0.195. The normalized spacial score (nSPS) is 22.0. The van der Waals surface area contributed by atoms with E-state index in [-0.39, 0.29) is 5.91 Å². The third-order valence-electron chi connectivity index (χ3n) is 4.15. The van der Waals surface area contributed by atoms with Crippen LogP contribution in [0, 0.1) is 5.92 Å². The lowest BCUT2D eigenvalue weighted by atomic mass is 9.86. The van der Waals surface area contributed by atoms with E-state index in [1.165, 1.54) is 19.3 Å². The molecule has 116 valence electrons. The second-order valence-corrected chi connectivity index (χ2v) is 7.34. The van der Waals surface area contributed by atoms with Gasteiger partial charge in [-0.3, -0.25) is 4.79 Å². The van der Waals surface area contributed by atoms with Crippen molar-refractivity contribution in [1.29, 1.82) is 0 Å². The Morgan fingerprint density at radius 1 is 1.33 bits per heavy atom. The predicted octanol–water partition coefficient (Wildman–Crippen LogP) is 4.66. The fourth-order valence-electron chi connectivity index (χ4n) is 2.77. The summed E-state index contributed by atoms with van der Waals surface area (Å²) in [6.07, 6.45) is 5.53. The Morgan fingerprint density at radius 3 is 2.86 bits per heavy atom. The first-order chi connectivity index (χ1) is 10.2. The Labute approximate surface area is 137 Å². The molecule has 2 atom stereocenters. The highest BCUT2D eigenvalue weighted by molar-refractivity contribution is 7.98. The summed E-state index contributed by atoms with van der Waals surface area (Å²) in [6, 6.07) is 8.28. The third kappa shape index (κ3) is 5.55. The zero-order valence-electron chi connectivity index (χ0n) is 12.6. The quantitative estimate of drug-likeness (QED) is 0.771. The van der Waals surface area contributed by atoms with E-state index in [1.807, 2.05) is 24.3 Å². The van der Waals surface area contributed by atoms with Gasteiger partial charge < -0.3 is 5.32 Å². The molecule has 0 unspecified atom stereocenters. The van der Waals surface area contributed by atoms with E-state index in [4.69, 9.17) is 11.6 Å². The molecule has 0 aromatic heterocycles. The number of hydrogen-bond acceptors (Lipinski definition) is 2. The van der Waals surface area contributed by atoms with E-state index < -0.39 is 0 Å². The summed E-state index contributed by atoms with van der Waals surface area (Å²) < 4.78 is 0. The molecule has 1 aromatic carbocycles. The summed E-state index contributed by atoms with van der Waals surface area (Å²) in [6.45, 7) is 2.25. The van der Waals surface area contributed by atoms with Gasteiger partial charge in [0.15, 0.2) is 0 Å². The van der Waals surface area contributed by atoms with E-state index in [0.29, 0.717) is 18.4 Å². The third-order valence-corrected chi connectivity index (χ3v) is 5.52. The van der Waals surface area contributed by atoms with Crippen LogP contribution >= 0.6 is 23.4 Å². The number of amides is 1. The topological polar surface area (TPSA) is 29.1 Å². The van der Waals surface area contributed by atoms with Crippen LogP contribution in [0.1, 0.15) is 44.6 Å². The Bertz CT molecular complexity index is 466. The van der Waals surface area contributed by atoms with Gasteiger partial charge in [-0.1, -0.05) is 49.6 Å². The van der Waals surface area contributed by atoms with Crippen LogP contribution in [-0.4, -0.2) is 17.7 Å². The highest BCUT2D eigenvalue weighted by atomic mass is 35.5. The Kier molecular flexibility index (Phi) is 6.91. The van der Waals surface area contributed by atoms with Crippen molar-refractivity contribution in [2.24, 2.45) is 5.92 Å². The van der Waals surface area contributed by atoms with Crippen LogP contribution in [0.4, 0.5) is 0 Å². The SMILES string of the molecule is C[C@@H]1CCCC[C@H]1NC(=O)CCSCc1ccccc1Cl. The Hall–Kier alpha value is -0.670. The number of benzene rings is 1. The maximum absolute atomic E-state index is 12.0. The van der Waals surface area contributed by atoms with Crippen molar-refractivity contribution in [1.82, 2.24) is 5.32 Å². The van der Waals surface area contributed by atoms with Crippen LogP contribution in [0.15, 0.2) is 24.3 Å². The van der Waals surface area contributed by atoms with Gasteiger partial charge in [-0.2, -0.15) is 11.8 Å². The lowest BCUT2D eigenvalue weighted by Crippen LogP contribution is -2.41. The molecule has 21 heavy (non-hydrogen) atoms. The summed E-state index contributed by atoms with van der Waals surface area (Å²) in [5, 5.41) is 4.01. The smallest absolute Gasteiger partial charge is 0.221 e. The van der Waals surface area contributed by atoms with Crippen molar-refractivity contribution in [3.05, 3.63) is 34.9 Å². The molecule has 1 N–H and O–H groups in total. The predicted molar refractivity (Wildman–Crippen MR) is 91.8 cm³/mol. The number of nitrogens with one attached hydrogen (secondary N) is 1. The minimum atomic E-state index is 0.195. The Morgan fingerprint density at radius 2 is 2.10 bits per heavy atom. The standard InChI is InChI=1S/C17H24ClNOS/c1-13-6-2-5-9-16(13)19-17(20)10-11-21-12-14-7-3-4-8-15(14)18/h3-4,7-8,13,16H,2,5-6,9-12H2,1H3,(H,19,20)/t13-,16-/m1/s1. The molecule has 0 saturated heterocycles. The average molecular weight is 326 g/mol. The maximum Gasteiger partial charge on any atom is 0.221 e. The van der Waals surface area contributed by atoms with Gasteiger partial charge in [-0.15, -0.1) is 0 Å². The van der Waals surface area contributed by atoms with Gasteiger partial charge in [0.05, 0.1) is 0 Å². The molecule has 0 heterocycles. The number of carbonyl (C=O) groups is 1. The van der Waals surface area contributed by atoms with Crippen molar-refractivity contribution < 1.29 is 4.79 Å². The van der Waals surface area contributed by atoms with E-state index in [1.54, 1.807) is 11.8 Å². The first kappa shape index (κ1) is 16.7. The summed E-state index contributed by atoms with van der Waals surface area (Å²) in [4.78, 5) is 12.0. The molecule has 1 fully saturated rings. The van der Waals surface area contributed by atoms with Crippen molar-refractivity contribution in [3.8, 4) is 0 Å². The van der Waals surface area contributed by atoms with Gasteiger partial charge in [0.1, 0.15) is 0 Å². The van der Waals surface area contributed by atoms with Crippen LogP contribution in [0.25, 0.3) is 0 Å². The fourth-order valence-corrected chi connectivity index (χ4v) is 4.00. The summed E-state index contributed by atoms with van der Waals surface area (Å²) >= 11 is 7.88. The molecular weight excluding hydrogens is 302 g/mol. The fraction of sp³-hybridized carbons (Fsp3) is 0.588. The first-order valence-electron chi connectivity index (χ1n) is 7.77. The van der Waals surface area contributed by atoms with Crippen LogP contribution in [0.5, 0.6) is 0 Å². The molecule has 1 saturated carbocycles. The molecule has 4 heteroatoms. The molecule has 2 nitrogen and oxygen atoms in total. The lowest BCUT2D eigenvalue weighted by Gasteiger charge is -2.29. The highest BCUT2D eigenvalue weighted by Crippen LogP contribution is 2.24. The molecule has 2 rings (SSSR count). The number of thioether (sulfide) groups is 1. The van der Waals surface area contributed by atoms with Crippen molar-refractivity contribution in [2.45, 2.75) is 50.8 Å². The molecule has 1 aliphatic rings. The van der Waals surface area contributed by atoms with Gasteiger partial charge in [-0.05, 0) is 30.4 Å².